The molecule has 0 radical (unpaired) electrons. The van der Waals surface area contributed by atoms with Gasteiger partial charge in [0.2, 0.25) is 5.90 Å². The van der Waals surface area contributed by atoms with Crippen LogP contribution < -0.4 is 4.74 Å². The van der Waals surface area contributed by atoms with Crippen LogP contribution in [0.2, 0.25) is 0 Å². The zero-order chi connectivity index (χ0) is 23.8. The number of hydrogen-bond donors (Lipinski definition) is 0. The number of thiophene rings is 1. The molecule has 1 atom stereocenters. The largest absolute Gasteiger partial charge is 0.573 e. The van der Waals surface area contributed by atoms with E-state index < -0.39 is 11.9 Å². The Morgan fingerprint density at radius 2 is 1.85 bits per heavy atom. The Hall–Kier alpha value is -3.66. The van der Waals surface area contributed by atoms with Gasteiger partial charge in [0.1, 0.15) is 23.7 Å². The number of alkyl halides is 3. The summed E-state index contributed by atoms with van der Waals surface area (Å²) in [6, 6.07) is 15.6. The molecular formula is C24H17F4N3O2S. The van der Waals surface area contributed by atoms with Crippen molar-refractivity contribution in [2.75, 3.05) is 6.61 Å². The van der Waals surface area contributed by atoms with Crippen LogP contribution in [0, 0.1) is 5.82 Å². The quantitative estimate of drug-likeness (QED) is 0.313. The Labute approximate surface area is 195 Å². The summed E-state index contributed by atoms with van der Waals surface area (Å²) in [7, 11) is 0. The average Bonchev–Trinajstić information content (AvgIpc) is 3.55. The van der Waals surface area contributed by atoms with Crippen molar-refractivity contribution in [3.63, 3.8) is 0 Å². The second-order valence-electron chi connectivity index (χ2n) is 7.72. The van der Waals surface area contributed by atoms with E-state index in [9.17, 15) is 17.6 Å². The fraction of sp³-hybridized carbons (Fsp3) is 0.167. The van der Waals surface area contributed by atoms with Gasteiger partial charge < -0.3 is 14.0 Å². The Kier molecular flexibility index (Phi) is 5.60. The van der Waals surface area contributed by atoms with E-state index in [1.54, 1.807) is 36.8 Å². The van der Waals surface area contributed by atoms with Crippen LogP contribution in [-0.2, 0) is 16.8 Å². The van der Waals surface area contributed by atoms with Gasteiger partial charge in [-0.25, -0.2) is 14.4 Å². The van der Waals surface area contributed by atoms with E-state index in [0.29, 0.717) is 18.0 Å². The number of halogens is 4. The van der Waals surface area contributed by atoms with Crippen LogP contribution in [0.1, 0.15) is 10.4 Å². The molecular weight excluding hydrogens is 470 g/mol. The summed E-state index contributed by atoms with van der Waals surface area (Å²) in [5.41, 5.74) is 0.597. The molecule has 0 saturated heterocycles. The zero-order valence-corrected chi connectivity index (χ0v) is 18.3. The maximum absolute atomic E-state index is 13.5. The highest BCUT2D eigenvalue weighted by Crippen LogP contribution is 2.38. The smallest absolute Gasteiger partial charge is 0.474 e. The van der Waals surface area contributed by atoms with Gasteiger partial charge in [0.05, 0.1) is 17.7 Å². The zero-order valence-electron chi connectivity index (χ0n) is 17.5. The highest BCUT2D eigenvalue weighted by atomic mass is 32.1. The van der Waals surface area contributed by atoms with Crippen LogP contribution >= 0.6 is 11.3 Å². The van der Waals surface area contributed by atoms with Crippen LogP contribution in [0.3, 0.4) is 0 Å². The molecule has 5 rings (SSSR count). The van der Waals surface area contributed by atoms with Crippen molar-refractivity contribution in [1.29, 1.82) is 0 Å². The van der Waals surface area contributed by atoms with Crippen LogP contribution in [0.25, 0.3) is 10.4 Å². The number of nitrogens with zero attached hydrogens (tertiary/aromatic N) is 3. The lowest BCUT2D eigenvalue weighted by atomic mass is 9.91. The highest BCUT2D eigenvalue weighted by molar-refractivity contribution is 7.17. The molecule has 1 aliphatic heterocycles. The van der Waals surface area contributed by atoms with Gasteiger partial charge in [0, 0.05) is 17.3 Å². The fourth-order valence-electron chi connectivity index (χ4n) is 3.79. The second kappa shape index (κ2) is 8.60. The van der Waals surface area contributed by atoms with Crippen LogP contribution in [-0.4, -0.2) is 28.4 Å². The van der Waals surface area contributed by atoms with Crippen LogP contribution in [0.15, 0.2) is 84.4 Å². The minimum Gasteiger partial charge on any atom is -0.474 e. The molecule has 3 heterocycles. The molecule has 0 amide bonds. The molecule has 4 aromatic rings. The average molecular weight is 487 g/mol. The third kappa shape index (κ3) is 4.67. The topological polar surface area (TPSA) is 48.6 Å². The van der Waals surface area contributed by atoms with Gasteiger partial charge in [-0.1, -0.05) is 24.3 Å². The lowest BCUT2D eigenvalue weighted by Gasteiger charge is -2.25. The molecule has 2 aromatic carbocycles. The molecule has 0 N–H and O–H groups in total. The third-order valence-corrected chi connectivity index (χ3v) is 6.44. The molecule has 5 nitrogen and oxygen atoms in total. The Morgan fingerprint density at radius 3 is 2.59 bits per heavy atom. The minimum atomic E-state index is -4.76. The molecule has 0 spiro atoms. The molecule has 0 aliphatic carbocycles. The van der Waals surface area contributed by atoms with Crippen molar-refractivity contribution in [3.8, 4) is 16.2 Å². The normalized spacial score (nSPS) is 17.9. The molecule has 174 valence electrons. The molecule has 10 heteroatoms. The number of ether oxygens (including phenoxy) is 2. The summed E-state index contributed by atoms with van der Waals surface area (Å²) in [5, 5.41) is 0. The molecule has 2 aromatic heterocycles. The van der Waals surface area contributed by atoms with Crippen molar-refractivity contribution in [2.45, 2.75) is 18.4 Å². The lowest BCUT2D eigenvalue weighted by molar-refractivity contribution is -0.274. The number of rotatable bonds is 6. The predicted octanol–water partition coefficient (Wildman–Crippen LogP) is 6.02. The number of benzene rings is 2. The summed E-state index contributed by atoms with van der Waals surface area (Å²) in [4.78, 5) is 10.4. The molecule has 34 heavy (non-hydrogen) atoms. The first-order valence-corrected chi connectivity index (χ1v) is 11.0. The Bertz CT molecular complexity index is 1320. The Morgan fingerprint density at radius 1 is 1.06 bits per heavy atom. The number of aliphatic imine (C=N–C) groups is 1. The first-order valence-electron chi connectivity index (χ1n) is 10.2. The second-order valence-corrected chi connectivity index (χ2v) is 8.80. The summed E-state index contributed by atoms with van der Waals surface area (Å²) < 4.78 is 63.2. The predicted molar refractivity (Wildman–Crippen MR) is 119 cm³/mol. The van der Waals surface area contributed by atoms with Crippen molar-refractivity contribution in [3.05, 3.63) is 95.6 Å². The summed E-state index contributed by atoms with van der Waals surface area (Å²) in [6.45, 7) is 0.686. The van der Waals surface area contributed by atoms with E-state index in [1.807, 2.05) is 16.8 Å². The maximum Gasteiger partial charge on any atom is 0.573 e. The van der Waals surface area contributed by atoms with Gasteiger partial charge in [0.25, 0.3) is 0 Å². The van der Waals surface area contributed by atoms with E-state index in [-0.39, 0.29) is 18.2 Å². The summed E-state index contributed by atoms with van der Waals surface area (Å²) in [6.07, 6.45) is 0.404. The van der Waals surface area contributed by atoms with Crippen molar-refractivity contribution in [2.24, 2.45) is 4.99 Å². The van der Waals surface area contributed by atoms with Crippen molar-refractivity contribution < 1.29 is 27.0 Å². The van der Waals surface area contributed by atoms with Gasteiger partial charge in [-0.2, -0.15) is 0 Å². The Balaban J connectivity index is 1.46. The first kappa shape index (κ1) is 22.1. The summed E-state index contributed by atoms with van der Waals surface area (Å²) >= 11 is 1.34. The molecule has 1 unspecified atom stereocenters. The van der Waals surface area contributed by atoms with Gasteiger partial charge >= 0.3 is 6.36 Å². The van der Waals surface area contributed by atoms with E-state index >= 15 is 0 Å². The van der Waals surface area contributed by atoms with Gasteiger partial charge in [-0.15, -0.1) is 24.5 Å². The maximum atomic E-state index is 13.5. The molecule has 0 fully saturated rings. The third-order valence-electron chi connectivity index (χ3n) is 5.32. The molecule has 0 saturated carbocycles. The van der Waals surface area contributed by atoms with E-state index in [4.69, 9.17) is 9.73 Å². The van der Waals surface area contributed by atoms with Gasteiger partial charge in [0.15, 0.2) is 0 Å². The summed E-state index contributed by atoms with van der Waals surface area (Å²) in [5.74, 6) is -0.210. The number of imidazole rings is 1. The van der Waals surface area contributed by atoms with Crippen molar-refractivity contribution in [1.82, 2.24) is 9.55 Å². The molecule has 0 bridgehead atoms. The lowest BCUT2D eigenvalue weighted by Crippen LogP contribution is -2.31. The number of aromatic nitrogens is 2. The minimum absolute atomic E-state index is 0.244. The van der Waals surface area contributed by atoms with Crippen LogP contribution in [0.5, 0.6) is 5.75 Å². The van der Waals surface area contributed by atoms with E-state index in [2.05, 4.69) is 9.72 Å². The highest BCUT2D eigenvalue weighted by Gasteiger charge is 2.40. The van der Waals surface area contributed by atoms with Crippen molar-refractivity contribution >= 4 is 17.2 Å². The van der Waals surface area contributed by atoms with E-state index in [0.717, 1.165) is 15.3 Å². The monoisotopic (exact) mass is 487 g/mol. The fourth-order valence-corrected chi connectivity index (χ4v) is 4.74. The van der Waals surface area contributed by atoms with Gasteiger partial charge in [-0.05, 0) is 47.5 Å². The number of hydrogen-bond acceptors (Lipinski definition) is 5. The SMILES string of the molecule is Fc1ccc(C2(Cn3ccnc3)COC(c3ccc(-c4cccc(OC(F)(F)F)c4)s3)=N2)cc1. The van der Waals surface area contributed by atoms with Gasteiger partial charge in [-0.3, -0.25) is 0 Å². The molecule has 1 aliphatic rings. The standard InChI is InChI=1S/C24H17F4N3O2S/c25-18-6-4-17(5-7-18)23(13-31-11-10-29-15-31)14-32-22(30-23)21-9-8-20(34-21)16-2-1-3-19(12-16)33-24(26,27)28/h1-12,15H,13-14H2. The van der Waals surface area contributed by atoms with E-state index in [1.165, 1.54) is 41.7 Å². The first-order chi connectivity index (χ1) is 16.3. The van der Waals surface area contributed by atoms with Crippen LogP contribution in [0.4, 0.5) is 17.6 Å².